The van der Waals surface area contributed by atoms with Gasteiger partial charge < -0.3 is 10.4 Å². The minimum atomic E-state index is -0.968. The minimum absolute atomic E-state index is 0.212. The van der Waals surface area contributed by atoms with Gasteiger partial charge >= 0.3 is 5.97 Å². The van der Waals surface area contributed by atoms with E-state index >= 15 is 0 Å². The molecule has 0 aromatic heterocycles. The van der Waals surface area contributed by atoms with E-state index in [-0.39, 0.29) is 5.69 Å². The third kappa shape index (κ3) is 3.48. The molecule has 0 heterocycles. The van der Waals surface area contributed by atoms with Crippen molar-refractivity contribution in [2.24, 2.45) is 0 Å². The molecule has 0 bridgehead atoms. The van der Waals surface area contributed by atoms with Crippen LogP contribution >= 0.6 is 15.9 Å². The summed E-state index contributed by atoms with van der Waals surface area (Å²) < 4.78 is 14.1. The molecule has 88 valence electrons. The number of anilines is 1. The van der Waals surface area contributed by atoms with Gasteiger partial charge in [-0.25, -0.2) is 9.18 Å². The molecule has 0 amide bonds. The Bertz CT molecular complexity index is 384. The Morgan fingerprint density at radius 3 is 2.81 bits per heavy atom. The number of aliphatic carboxylic acids is 1. The highest BCUT2D eigenvalue weighted by Crippen LogP contribution is 2.20. The first kappa shape index (κ1) is 13.0. The molecule has 0 spiro atoms. The molecule has 1 atom stereocenters. The molecule has 2 N–H and O–H groups in total. The van der Waals surface area contributed by atoms with Crippen molar-refractivity contribution in [3.8, 4) is 0 Å². The van der Waals surface area contributed by atoms with E-state index in [2.05, 4.69) is 21.2 Å². The van der Waals surface area contributed by atoms with Crippen LogP contribution < -0.4 is 5.32 Å². The van der Waals surface area contributed by atoms with E-state index in [1.807, 2.05) is 6.92 Å². The molecular formula is C11H13BrFNO2. The van der Waals surface area contributed by atoms with Crippen molar-refractivity contribution >= 4 is 27.6 Å². The lowest BCUT2D eigenvalue weighted by molar-refractivity contribution is -0.138. The topological polar surface area (TPSA) is 49.3 Å². The van der Waals surface area contributed by atoms with Crippen LogP contribution in [-0.4, -0.2) is 17.1 Å². The summed E-state index contributed by atoms with van der Waals surface area (Å²) >= 11 is 3.14. The summed E-state index contributed by atoms with van der Waals surface area (Å²) in [6, 6.07) is 3.73. The Balaban J connectivity index is 2.81. The van der Waals surface area contributed by atoms with Gasteiger partial charge in [0.1, 0.15) is 11.9 Å². The molecule has 3 nitrogen and oxygen atoms in total. The number of carboxylic acid groups (broad SMARTS) is 1. The van der Waals surface area contributed by atoms with Gasteiger partial charge in [-0.3, -0.25) is 0 Å². The molecule has 0 fully saturated rings. The Labute approximate surface area is 102 Å². The van der Waals surface area contributed by atoms with Crippen LogP contribution in [0.2, 0.25) is 0 Å². The molecule has 0 aliphatic carbocycles. The van der Waals surface area contributed by atoms with Crippen LogP contribution in [0.3, 0.4) is 0 Å². The van der Waals surface area contributed by atoms with Gasteiger partial charge in [-0.2, -0.15) is 0 Å². The number of hydrogen-bond donors (Lipinski definition) is 2. The number of carbonyl (C=O) groups is 1. The van der Waals surface area contributed by atoms with Crippen molar-refractivity contribution in [2.45, 2.75) is 25.8 Å². The summed E-state index contributed by atoms with van der Waals surface area (Å²) in [5, 5.41) is 11.6. The van der Waals surface area contributed by atoms with Crippen molar-refractivity contribution in [3.63, 3.8) is 0 Å². The number of hydrogen-bond acceptors (Lipinski definition) is 2. The summed E-state index contributed by atoms with van der Waals surface area (Å²) in [5.74, 6) is -1.43. The standard InChI is InChI=1S/C11H13BrFNO2/c1-2-3-10(11(15)16)14-9-5-4-7(12)6-8(9)13/h4-6,10,14H,2-3H2,1H3,(H,15,16)/t10-/m0/s1. The zero-order valence-electron chi connectivity index (χ0n) is 8.84. The van der Waals surface area contributed by atoms with E-state index in [9.17, 15) is 9.18 Å². The zero-order chi connectivity index (χ0) is 12.1. The molecule has 1 aromatic carbocycles. The van der Waals surface area contributed by atoms with Gasteiger partial charge in [0.25, 0.3) is 0 Å². The fraction of sp³-hybridized carbons (Fsp3) is 0.364. The Kier molecular flexibility index (Phi) is 4.73. The van der Waals surface area contributed by atoms with Gasteiger partial charge in [0.2, 0.25) is 0 Å². The molecule has 16 heavy (non-hydrogen) atoms. The smallest absolute Gasteiger partial charge is 0.326 e. The van der Waals surface area contributed by atoms with Crippen LogP contribution in [0.5, 0.6) is 0 Å². The average molecular weight is 290 g/mol. The van der Waals surface area contributed by atoms with Gasteiger partial charge in [-0.1, -0.05) is 29.3 Å². The maximum atomic E-state index is 13.4. The minimum Gasteiger partial charge on any atom is -0.480 e. The number of halogens is 2. The molecular weight excluding hydrogens is 277 g/mol. The number of nitrogens with one attached hydrogen (secondary N) is 1. The van der Waals surface area contributed by atoms with Crippen molar-refractivity contribution in [3.05, 3.63) is 28.5 Å². The van der Waals surface area contributed by atoms with Gasteiger partial charge in [0.15, 0.2) is 0 Å². The Morgan fingerprint density at radius 2 is 2.31 bits per heavy atom. The first-order valence-corrected chi connectivity index (χ1v) is 5.78. The second-order valence-electron chi connectivity index (χ2n) is 3.45. The third-order valence-corrected chi connectivity index (χ3v) is 2.63. The lowest BCUT2D eigenvalue weighted by Gasteiger charge is -2.15. The summed E-state index contributed by atoms with van der Waals surface area (Å²) in [6.45, 7) is 1.88. The van der Waals surface area contributed by atoms with Crippen LogP contribution in [-0.2, 0) is 4.79 Å². The van der Waals surface area contributed by atoms with Crippen molar-refractivity contribution in [1.29, 1.82) is 0 Å². The van der Waals surface area contributed by atoms with Crippen molar-refractivity contribution in [1.82, 2.24) is 0 Å². The van der Waals surface area contributed by atoms with Gasteiger partial charge in [-0.05, 0) is 24.6 Å². The molecule has 0 unspecified atom stereocenters. The Hall–Kier alpha value is -1.10. The van der Waals surface area contributed by atoms with Crippen LogP contribution in [0.4, 0.5) is 10.1 Å². The maximum absolute atomic E-state index is 13.4. The second-order valence-corrected chi connectivity index (χ2v) is 4.36. The first-order valence-electron chi connectivity index (χ1n) is 4.99. The lowest BCUT2D eigenvalue weighted by Crippen LogP contribution is -2.29. The molecule has 1 aromatic rings. The quantitative estimate of drug-likeness (QED) is 0.875. The highest BCUT2D eigenvalue weighted by atomic mass is 79.9. The van der Waals surface area contributed by atoms with Gasteiger partial charge in [0, 0.05) is 4.47 Å². The molecule has 5 heteroatoms. The van der Waals surface area contributed by atoms with Crippen LogP contribution in [0, 0.1) is 5.82 Å². The summed E-state index contributed by atoms with van der Waals surface area (Å²) in [6.07, 6.45) is 1.19. The van der Waals surface area contributed by atoms with E-state index in [1.165, 1.54) is 12.1 Å². The van der Waals surface area contributed by atoms with E-state index < -0.39 is 17.8 Å². The molecule has 0 aliphatic rings. The van der Waals surface area contributed by atoms with Gasteiger partial charge in [-0.15, -0.1) is 0 Å². The van der Waals surface area contributed by atoms with Crippen molar-refractivity contribution in [2.75, 3.05) is 5.32 Å². The molecule has 0 aliphatic heterocycles. The van der Waals surface area contributed by atoms with Crippen molar-refractivity contribution < 1.29 is 14.3 Å². The summed E-state index contributed by atoms with van der Waals surface area (Å²) in [7, 11) is 0. The molecule has 0 saturated carbocycles. The molecule has 0 saturated heterocycles. The number of rotatable bonds is 5. The SMILES string of the molecule is CCC[C@H](Nc1ccc(Br)cc1F)C(=O)O. The highest BCUT2D eigenvalue weighted by molar-refractivity contribution is 9.10. The van der Waals surface area contributed by atoms with Crippen LogP contribution in [0.25, 0.3) is 0 Å². The van der Waals surface area contributed by atoms with E-state index in [0.29, 0.717) is 10.9 Å². The predicted molar refractivity (Wildman–Crippen MR) is 64.1 cm³/mol. The summed E-state index contributed by atoms with van der Waals surface area (Å²) in [4.78, 5) is 10.9. The zero-order valence-corrected chi connectivity index (χ0v) is 10.4. The van der Waals surface area contributed by atoms with E-state index in [1.54, 1.807) is 6.07 Å². The first-order chi connectivity index (χ1) is 7.54. The summed E-state index contributed by atoms with van der Waals surface area (Å²) in [5.41, 5.74) is 0.212. The van der Waals surface area contributed by atoms with Crippen LogP contribution in [0.1, 0.15) is 19.8 Å². The lowest BCUT2D eigenvalue weighted by atomic mass is 10.1. The highest BCUT2D eigenvalue weighted by Gasteiger charge is 2.17. The normalized spacial score (nSPS) is 12.2. The average Bonchev–Trinajstić information content (AvgIpc) is 2.20. The largest absolute Gasteiger partial charge is 0.480 e. The van der Waals surface area contributed by atoms with Gasteiger partial charge in [0.05, 0.1) is 5.69 Å². The van der Waals surface area contributed by atoms with E-state index in [4.69, 9.17) is 5.11 Å². The molecule has 0 radical (unpaired) electrons. The maximum Gasteiger partial charge on any atom is 0.326 e. The fourth-order valence-corrected chi connectivity index (χ4v) is 1.67. The van der Waals surface area contributed by atoms with E-state index in [0.717, 1.165) is 6.42 Å². The molecule has 1 rings (SSSR count). The monoisotopic (exact) mass is 289 g/mol. The number of benzene rings is 1. The Morgan fingerprint density at radius 1 is 1.62 bits per heavy atom. The number of carboxylic acids is 1. The second kappa shape index (κ2) is 5.84. The third-order valence-electron chi connectivity index (χ3n) is 2.14. The van der Waals surface area contributed by atoms with Crippen LogP contribution in [0.15, 0.2) is 22.7 Å². The fourth-order valence-electron chi connectivity index (χ4n) is 1.34. The predicted octanol–water partition coefficient (Wildman–Crippen LogP) is 3.25.